The quantitative estimate of drug-likeness (QED) is 0.315. The number of methoxy groups -OCH3 is 2. The summed E-state index contributed by atoms with van der Waals surface area (Å²) in [5.74, 6) is -3.13. The second-order valence-electron chi connectivity index (χ2n) is 6.30. The fraction of sp³-hybridized carbons (Fsp3) is 0.333. The molecule has 2 unspecified atom stereocenters. The fourth-order valence-corrected chi connectivity index (χ4v) is 2.46. The van der Waals surface area contributed by atoms with E-state index >= 15 is 0 Å². The van der Waals surface area contributed by atoms with Gasteiger partial charge in [-0.05, 0) is 12.1 Å². The number of aromatic nitrogens is 3. The molecule has 31 heavy (non-hydrogen) atoms. The minimum atomic E-state index is -3.09. The average molecular weight is 613 g/mol. The van der Waals surface area contributed by atoms with E-state index in [1.807, 2.05) is 12.1 Å². The molecule has 0 amide bonds. The van der Waals surface area contributed by atoms with Gasteiger partial charge in [0.2, 0.25) is 0 Å². The number of hydrogen-bond donors (Lipinski definition) is 2. The van der Waals surface area contributed by atoms with Gasteiger partial charge in [0.1, 0.15) is 0 Å². The minimum absolute atomic E-state index is 0. The van der Waals surface area contributed by atoms with Crippen LogP contribution in [0.2, 0.25) is 0 Å². The molecule has 1 heterocycles. The number of hydrogen-bond acceptors (Lipinski definition) is 6. The third-order valence-electron chi connectivity index (χ3n) is 3.97. The average Bonchev–Trinajstić information content (AvgIpc) is 3.21. The molecule has 0 aliphatic heterocycles. The SMILES string of the molecule is CC(F)(F)c1nnc(-c2[c-]cccc2)n1-c1ccccc1.COC(O)CC(O)OC.[Ir]. The van der Waals surface area contributed by atoms with Crippen molar-refractivity contribution in [1.29, 1.82) is 0 Å². The topological polar surface area (TPSA) is 89.6 Å². The number of para-hydroxylation sites is 1. The largest absolute Gasteiger partial charge is 0.368 e. The Morgan fingerprint density at radius 2 is 1.58 bits per heavy atom. The number of benzene rings is 2. The predicted octanol–water partition coefficient (Wildman–Crippen LogP) is 3.15. The number of rotatable bonds is 7. The van der Waals surface area contributed by atoms with Crippen LogP contribution in [0.25, 0.3) is 17.1 Å². The Morgan fingerprint density at radius 3 is 2.06 bits per heavy atom. The van der Waals surface area contributed by atoms with Gasteiger partial charge in [-0.2, -0.15) is 13.9 Å². The van der Waals surface area contributed by atoms with Crippen molar-refractivity contribution >= 4 is 0 Å². The van der Waals surface area contributed by atoms with Crippen molar-refractivity contribution in [3.63, 3.8) is 0 Å². The van der Waals surface area contributed by atoms with E-state index in [1.165, 1.54) is 18.8 Å². The molecule has 0 aliphatic rings. The summed E-state index contributed by atoms with van der Waals surface area (Å²) in [5.41, 5.74) is 1.20. The summed E-state index contributed by atoms with van der Waals surface area (Å²) in [6, 6.07) is 19.0. The Hall–Kier alpha value is -2.07. The molecule has 2 N–H and O–H groups in total. The van der Waals surface area contributed by atoms with Crippen LogP contribution < -0.4 is 0 Å². The molecule has 2 aromatic carbocycles. The molecule has 0 aliphatic carbocycles. The van der Waals surface area contributed by atoms with Crippen LogP contribution in [0.5, 0.6) is 0 Å². The maximum absolute atomic E-state index is 13.8. The normalized spacial score (nSPS) is 12.9. The third kappa shape index (κ3) is 7.84. The Labute approximate surface area is 193 Å². The third-order valence-corrected chi connectivity index (χ3v) is 3.97. The summed E-state index contributed by atoms with van der Waals surface area (Å²) in [6.07, 6.45) is -1.81. The van der Waals surface area contributed by atoms with Gasteiger partial charge in [-0.25, -0.2) is 0 Å². The summed E-state index contributed by atoms with van der Waals surface area (Å²) in [5, 5.41) is 25.0. The number of alkyl halides is 2. The van der Waals surface area contributed by atoms with Gasteiger partial charge in [0.15, 0.2) is 18.4 Å². The van der Waals surface area contributed by atoms with Crippen molar-refractivity contribution in [2.45, 2.75) is 31.8 Å². The fourth-order valence-electron chi connectivity index (χ4n) is 2.46. The maximum Gasteiger partial charge on any atom is 0.303 e. The summed E-state index contributed by atoms with van der Waals surface area (Å²) >= 11 is 0. The molecule has 0 saturated carbocycles. The maximum atomic E-state index is 13.8. The van der Waals surface area contributed by atoms with Gasteiger partial charge in [-0.3, -0.25) is 0 Å². The molecule has 171 valence electrons. The van der Waals surface area contributed by atoms with E-state index < -0.39 is 18.5 Å². The molecule has 0 bridgehead atoms. The monoisotopic (exact) mass is 613 g/mol. The van der Waals surface area contributed by atoms with Crippen LogP contribution in [-0.4, -0.2) is 51.8 Å². The van der Waals surface area contributed by atoms with Crippen molar-refractivity contribution in [1.82, 2.24) is 14.8 Å². The van der Waals surface area contributed by atoms with E-state index in [1.54, 1.807) is 42.5 Å². The molecule has 10 heteroatoms. The van der Waals surface area contributed by atoms with Gasteiger partial charge in [0.25, 0.3) is 0 Å². The van der Waals surface area contributed by atoms with Crippen LogP contribution in [-0.2, 0) is 35.5 Å². The van der Waals surface area contributed by atoms with Crippen molar-refractivity contribution in [2.24, 2.45) is 0 Å². The molecule has 3 aromatic rings. The number of aliphatic hydroxyl groups excluding tert-OH is 2. The molecule has 1 radical (unpaired) electrons. The van der Waals surface area contributed by atoms with Gasteiger partial charge in [0, 0.05) is 53.4 Å². The van der Waals surface area contributed by atoms with Crippen molar-refractivity contribution in [3.05, 3.63) is 66.5 Å². The molecule has 2 atom stereocenters. The molecular weight excluding hydrogens is 588 g/mol. The first kappa shape index (κ1) is 27.0. The Bertz CT molecular complexity index is 885. The van der Waals surface area contributed by atoms with Gasteiger partial charge in [-0.1, -0.05) is 18.2 Å². The van der Waals surface area contributed by atoms with Gasteiger partial charge < -0.3 is 24.3 Å². The smallest absolute Gasteiger partial charge is 0.303 e. The van der Waals surface area contributed by atoms with Crippen LogP contribution in [0, 0.1) is 6.07 Å². The summed E-state index contributed by atoms with van der Waals surface area (Å²) in [7, 11) is 2.71. The summed E-state index contributed by atoms with van der Waals surface area (Å²) in [4.78, 5) is 0. The molecular formula is C21H24F2IrN3O4-. The van der Waals surface area contributed by atoms with E-state index in [9.17, 15) is 8.78 Å². The molecule has 3 rings (SSSR count). The number of ether oxygens (including phenoxy) is 2. The molecule has 1 aromatic heterocycles. The minimum Gasteiger partial charge on any atom is -0.368 e. The van der Waals surface area contributed by atoms with E-state index in [4.69, 9.17) is 10.2 Å². The van der Waals surface area contributed by atoms with Crippen molar-refractivity contribution in [3.8, 4) is 17.1 Å². The summed E-state index contributed by atoms with van der Waals surface area (Å²) in [6.45, 7) is 0.814. The van der Waals surface area contributed by atoms with Crippen molar-refractivity contribution < 1.29 is 48.6 Å². The molecule has 0 fully saturated rings. The first-order chi connectivity index (χ1) is 14.3. The number of halogens is 2. The van der Waals surface area contributed by atoms with E-state index in [0.29, 0.717) is 17.1 Å². The van der Waals surface area contributed by atoms with E-state index in [0.717, 1.165) is 6.92 Å². The zero-order valence-electron chi connectivity index (χ0n) is 17.2. The first-order valence-electron chi connectivity index (χ1n) is 9.05. The van der Waals surface area contributed by atoms with Crippen LogP contribution in [0.3, 0.4) is 0 Å². The zero-order chi connectivity index (χ0) is 22.1. The van der Waals surface area contributed by atoms with Gasteiger partial charge in [-0.15, -0.1) is 41.0 Å². The standard InChI is InChI=1S/C16H12F2N3.C5H12O4.Ir/c1-16(17,18)15-20-19-14(12-8-4-2-5-9-12)21(15)13-10-6-3-7-11-13;1-8-4(6)3-5(7)9-2;/h2-8,10-11H,1H3;4-7H,3H2,1-2H3;/q-1;;. The Kier molecular flexibility index (Phi) is 11.0. The predicted molar refractivity (Wildman–Crippen MR) is 106 cm³/mol. The molecule has 7 nitrogen and oxygen atoms in total. The number of aliphatic hydroxyl groups is 2. The van der Waals surface area contributed by atoms with Gasteiger partial charge >= 0.3 is 5.92 Å². The van der Waals surface area contributed by atoms with Crippen LogP contribution in [0.4, 0.5) is 8.78 Å². The molecule has 0 spiro atoms. The summed E-state index contributed by atoms with van der Waals surface area (Å²) < 4.78 is 37.8. The van der Waals surface area contributed by atoms with E-state index in [-0.39, 0.29) is 32.4 Å². The van der Waals surface area contributed by atoms with Crippen LogP contribution in [0.1, 0.15) is 19.2 Å². The Morgan fingerprint density at radius 1 is 1.00 bits per heavy atom. The van der Waals surface area contributed by atoms with Gasteiger partial charge in [0.05, 0.1) is 5.82 Å². The number of nitrogens with zero attached hydrogens (tertiary/aromatic N) is 3. The Balaban J connectivity index is 0.000000413. The second kappa shape index (κ2) is 12.7. The van der Waals surface area contributed by atoms with Crippen molar-refractivity contribution in [2.75, 3.05) is 14.2 Å². The second-order valence-corrected chi connectivity index (χ2v) is 6.30. The van der Waals surface area contributed by atoms with E-state index in [2.05, 4.69) is 25.7 Å². The first-order valence-corrected chi connectivity index (χ1v) is 9.05. The van der Waals surface area contributed by atoms with Crippen LogP contribution in [0.15, 0.2) is 54.6 Å². The zero-order valence-corrected chi connectivity index (χ0v) is 19.6. The van der Waals surface area contributed by atoms with Crippen LogP contribution >= 0.6 is 0 Å². The molecule has 0 saturated heterocycles.